The van der Waals surface area contributed by atoms with Gasteiger partial charge in [0, 0.05) is 53.9 Å². The fourth-order valence-corrected chi connectivity index (χ4v) is 3.92. The van der Waals surface area contributed by atoms with Crippen molar-refractivity contribution in [1.29, 1.82) is 0 Å². The van der Waals surface area contributed by atoms with Crippen LogP contribution >= 0.6 is 35.6 Å². The highest BCUT2D eigenvalue weighted by Crippen LogP contribution is 2.19. The molecule has 0 bridgehead atoms. The number of benzene rings is 1. The number of nitrogens with zero attached hydrogens (tertiary/aromatic N) is 2. The number of carbonyl (C=O) groups excluding carboxylic acids is 1. The Morgan fingerprint density at radius 2 is 1.81 bits per heavy atom. The molecule has 0 aromatic heterocycles. The zero-order valence-electron chi connectivity index (χ0n) is 16.3. The molecule has 1 aromatic carbocycles. The van der Waals surface area contributed by atoms with E-state index in [0.29, 0.717) is 6.54 Å². The molecule has 0 radical (unpaired) electrons. The monoisotopic (exact) mass is 428 g/mol. The molecule has 1 aliphatic heterocycles. The summed E-state index contributed by atoms with van der Waals surface area (Å²) in [4.78, 5) is 17.6. The van der Waals surface area contributed by atoms with Crippen LogP contribution in [0.4, 0.5) is 0 Å². The van der Waals surface area contributed by atoms with Gasteiger partial charge < -0.3 is 15.5 Å². The number of hydrogen-bond acceptors (Lipinski definition) is 4. The second-order valence-electron chi connectivity index (χ2n) is 7.60. The fourth-order valence-electron chi connectivity index (χ4n) is 2.74. The zero-order valence-corrected chi connectivity index (χ0v) is 18.6. The molecule has 27 heavy (non-hydrogen) atoms. The summed E-state index contributed by atoms with van der Waals surface area (Å²) in [6, 6.07) is 7.87. The minimum atomic E-state index is -0.186. The largest absolute Gasteiger partial charge is 0.362 e. The number of halogens is 1. The molecule has 5 nitrogen and oxygen atoms in total. The standard InChI is InChI=1S/C19H29ClN4OS2/c1-19(2,3)22-17(25)14-23-9-11-24(12-10-23)18(26)21-8-13-27-16-6-4-15(20)5-7-16/h4-7H,8-14H2,1-3H3,(H,21,26)(H,22,25). The highest BCUT2D eigenvalue weighted by atomic mass is 35.5. The first-order valence-electron chi connectivity index (χ1n) is 9.17. The van der Waals surface area contributed by atoms with Crippen LogP contribution < -0.4 is 10.6 Å². The molecule has 2 N–H and O–H groups in total. The Hall–Kier alpha value is -1.02. The van der Waals surface area contributed by atoms with Crippen molar-refractivity contribution in [3.05, 3.63) is 29.3 Å². The number of amides is 1. The Morgan fingerprint density at radius 3 is 2.41 bits per heavy atom. The number of hydrogen-bond donors (Lipinski definition) is 2. The van der Waals surface area contributed by atoms with Crippen molar-refractivity contribution >= 4 is 46.6 Å². The van der Waals surface area contributed by atoms with Crippen molar-refractivity contribution in [1.82, 2.24) is 20.4 Å². The normalized spacial score (nSPS) is 15.5. The molecule has 1 amide bonds. The predicted molar refractivity (Wildman–Crippen MR) is 119 cm³/mol. The molecule has 0 aliphatic carbocycles. The summed E-state index contributed by atoms with van der Waals surface area (Å²) < 4.78 is 0. The molecule has 1 aromatic rings. The lowest BCUT2D eigenvalue weighted by molar-refractivity contribution is -0.123. The van der Waals surface area contributed by atoms with Gasteiger partial charge in [-0.05, 0) is 57.3 Å². The van der Waals surface area contributed by atoms with E-state index in [1.54, 1.807) is 11.8 Å². The Kier molecular flexibility index (Phi) is 8.66. The number of nitrogens with one attached hydrogen (secondary N) is 2. The first kappa shape index (κ1) is 22.3. The van der Waals surface area contributed by atoms with E-state index in [4.69, 9.17) is 23.8 Å². The minimum Gasteiger partial charge on any atom is -0.362 e. The van der Waals surface area contributed by atoms with Crippen LogP contribution in [0.2, 0.25) is 5.02 Å². The van der Waals surface area contributed by atoms with E-state index in [2.05, 4.69) is 20.4 Å². The van der Waals surface area contributed by atoms with Crippen molar-refractivity contribution < 1.29 is 4.79 Å². The summed E-state index contributed by atoms with van der Waals surface area (Å²) in [6.45, 7) is 10.6. The SMILES string of the molecule is CC(C)(C)NC(=O)CN1CCN(C(=S)NCCSc2ccc(Cl)cc2)CC1. The van der Waals surface area contributed by atoms with E-state index in [0.717, 1.165) is 48.6 Å². The predicted octanol–water partition coefficient (Wildman–Crippen LogP) is 2.84. The van der Waals surface area contributed by atoms with Gasteiger partial charge in [-0.15, -0.1) is 11.8 Å². The summed E-state index contributed by atoms with van der Waals surface area (Å²) in [6.07, 6.45) is 0. The van der Waals surface area contributed by atoms with Gasteiger partial charge in [-0.1, -0.05) is 11.6 Å². The molecule has 1 fully saturated rings. The quantitative estimate of drug-likeness (QED) is 0.412. The maximum absolute atomic E-state index is 12.0. The van der Waals surface area contributed by atoms with Crippen molar-refractivity contribution in [2.75, 3.05) is 45.0 Å². The van der Waals surface area contributed by atoms with Gasteiger partial charge in [0.1, 0.15) is 0 Å². The Labute approximate surface area is 177 Å². The Bertz CT molecular complexity index is 626. The number of piperazine rings is 1. The Balaban J connectivity index is 1.61. The third kappa shape index (κ3) is 8.68. The van der Waals surface area contributed by atoms with Gasteiger partial charge in [0.15, 0.2) is 5.11 Å². The van der Waals surface area contributed by atoms with Gasteiger partial charge >= 0.3 is 0 Å². The number of rotatable bonds is 6. The van der Waals surface area contributed by atoms with Crippen LogP contribution in [0.3, 0.4) is 0 Å². The summed E-state index contributed by atoms with van der Waals surface area (Å²) in [5, 5.41) is 7.90. The molecule has 2 rings (SSSR count). The molecule has 150 valence electrons. The number of thiocarbonyl (C=S) groups is 1. The summed E-state index contributed by atoms with van der Waals surface area (Å²) in [5.74, 6) is 1.02. The van der Waals surface area contributed by atoms with Crippen LogP contribution in [0, 0.1) is 0 Å². The third-order valence-electron chi connectivity index (χ3n) is 4.00. The van der Waals surface area contributed by atoms with Crippen LogP contribution in [0.25, 0.3) is 0 Å². The van der Waals surface area contributed by atoms with Gasteiger partial charge in [-0.3, -0.25) is 9.69 Å². The summed E-state index contributed by atoms with van der Waals surface area (Å²) >= 11 is 13.2. The molecule has 1 heterocycles. The van der Waals surface area contributed by atoms with E-state index in [-0.39, 0.29) is 11.4 Å². The van der Waals surface area contributed by atoms with E-state index >= 15 is 0 Å². The molecular formula is C19H29ClN4OS2. The van der Waals surface area contributed by atoms with Crippen molar-refractivity contribution in [2.24, 2.45) is 0 Å². The van der Waals surface area contributed by atoms with Gasteiger partial charge in [-0.2, -0.15) is 0 Å². The smallest absolute Gasteiger partial charge is 0.234 e. The van der Waals surface area contributed by atoms with E-state index < -0.39 is 0 Å². The summed E-state index contributed by atoms with van der Waals surface area (Å²) in [7, 11) is 0. The van der Waals surface area contributed by atoms with Crippen LogP contribution in [0.1, 0.15) is 20.8 Å². The van der Waals surface area contributed by atoms with E-state index in [1.807, 2.05) is 45.0 Å². The highest BCUT2D eigenvalue weighted by molar-refractivity contribution is 7.99. The molecule has 0 unspecified atom stereocenters. The highest BCUT2D eigenvalue weighted by Gasteiger charge is 2.22. The van der Waals surface area contributed by atoms with Crippen molar-refractivity contribution in [3.63, 3.8) is 0 Å². The molecule has 1 aliphatic rings. The van der Waals surface area contributed by atoms with Crippen LogP contribution in [-0.4, -0.2) is 71.4 Å². The number of thioether (sulfide) groups is 1. The average molecular weight is 429 g/mol. The van der Waals surface area contributed by atoms with E-state index in [9.17, 15) is 4.79 Å². The van der Waals surface area contributed by atoms with Crippen LogP contribution in [0.5, 0.6) is 0 Å². The third-order valence-corrected chi connectivity index (χ3v) is 5.67. The second kappa shape index (κ2) is 10.5. The van der Waals surface area contributed by atoms with Crippen molar-refractivity contribution in [2.45, 2.75) is 31.2 Å². The number of carbonyl (C=O) groups is 1. The van der Waals surface area contributed by atoms with Gasteiger partial charge in [0.25, 0.3) is 0 Å². The molecule has 0 spiro atoms. The lowest BCUT2D eigenvalue weighted by Crippen LogP contribution is -2.54. The van der Waals surface area contributed by atoms with Crippen LogP contribution in [-0.2, 0) is 4.79 Å². The molecule has 1 saturated heterocycles. The fraction of sp³-hybridized carbons (Fsp3) is 0.579. The Morgan fingerprint density at radius 1 is 1.19 bits per heavy atom. The topological polar surface area (TPSA) is 47.6 Å². The van der Waals surface area contributed by atoms with Gasteiger partial charge in [0.05, 0.1) is 6.54 Å². The molecular weight excluding hydrogens is 400 g/mol. The lowest BCUT2D eigenvalue weighted by atomic mass is 10.1. The molecule has 8 heteroatoms. The van der Waals surface area contributed by atoms with Gasteiger partial charge in [-0.25, -0.2) is 0 Å². The van der Waals surface area contributed by atoms with Crippen molar-refractivity contribution in [3.8, 4) is 0 Å². The average Bonchev–Trinajstić information content (AvgIpc) is 2.59. The second-order valence-corrected chi connectivity index (χ2v) is 9.59. The first-order valence-corrected chi connectivity index (χ1v) is 10.9. The lowest BCUT2D eigenvalue weighted by Gasteiger charge is -2.36. The van der Waals surface area contributed by atoms with E-state index in [1.165, 1.54) is 4.90 Å². The molecule has 0 atom stereocenters. The zero-order chi connectivity index (χ0) is 19.9. The first-order chi connectivity index (χ1) is 12.7. The molecule has 0 saturated carbocycles. The maximum atomic E-state index is 12.0. The van der Waals surface area contributed by atoms with Crippen LogP contribution in [0.15, 0.2) is 29.2 Å². The summed E-state index contributed by atoms with van der Waals surface area (Å²) in [5.41, 5.74) is -0.186. The minimum absolute atomic E-state index is 0.0795. The van der Waals surface area contributed by atoms with Gasteiger partial charge in [0.2, 0.25) is 5.91 Å². The maximum Gasteiger partial charge on any atom is 0.234 e.